The van der Waals surface area contributed by atoms with Crippen LogP contribution in [0, 0.1) is 0 Å². The summed E-state index contributed by atoms with van der Waals surface area (Å²) in [6, 6.07) is 8.86. The molecule has 1 atom stereocenters. The lowest BCUT2D eigenvalue weighted by Gasteiger charge is -2.35. The van der Waals surface area contributed by atoms with Gasteiger partial charge >= 0.3 is 12.1 Å². The third-order valence-electron chi connectivity index (χ3n) is 3.63. The summed E-state index contributed by atoms with van der Waals surface area (Å²) in [4.78, 5) is 26.2. The molecule has 1 aliphatic heterocycles. The molecule has 0 bridgehead atoms. The van der Waals surface area contributed by atoms with E-state index in [1.807, 2.05) is 6.07 Å². The summed E-state index contributed by atoms with van der Waals surface area (Å²) in [5.74, 6) is -2.57. The molecular formula is C15H18F3N3O3. The summed E-state index contributed by atoms with van der Waals surface area (Å²) in [6.07, 6.45) is -6.20. The van der Waals surface area contributed by atoms with Gasteiger partial charge in [-0.25, -0.2) is 4.79 Å². The number of likely N-dealkylation sites (N-methyl/N-ethyl adjacent to an activating group) is 1. The predicted octanol–water partition coefficient (Wildman–Crippen LogP) is 0.986. The largest absolute Gasteiger partial charge is 0.490 e. The summed E-state index contributed by atoms with van der Waals surface area (Å²) < 4.78 is 41.5. The molecule has 0 spiro atoms. The lowest BCUT2D eigenvalue weighted by molar-refractivity contribution is -0.213. The van der Waals surface area contributed by atoms with Crippen LogP contribution in [0.3, 0.4) is 0 Å². The third kappa shape index (κ3) is 4.68. The van der Waals surface area contributed by atoms with Gasteiger partial charge < -0.3 is 15.0 Å². The van der Waals surface area contributed by atoms with Gasteiger partial charge in [-0.05, 0) is 12.1 Å². The van der Waals surface area contributed by atoms with Crippen molar-refractivity contribution in [2.24, 2.45) is 0 Å². The number of hydrogen-bond acceptors (Lipinski definition) is 5. The van der Waals surface area contributed by atoms with E-state index >= 15 is 0 Å². The fourth-order valence-corrected chi connectivity index (χ4v) is 2.28. The Kier molecular flexibility index (Phi) is 5.79. The molecule has 1 heterocycles. The van der Waals surface area contributed by atoms with E-state index in [-0.39, 0.29) is 19.0 Å². The second kappa shape index (κ2) is 7.63. The first-order valence-electron chi connectivity index (χ1n) is 7.33. The zero-order valence-electron chi connectivity index (χ0n) is 13.0. The Bertz CT molecular complexity index is 580. The van der Waals surface area contributed by atoms with Gasteiger partial charge in [-0.15, -0.1) is 0 Å². The summed E-state index contributed by atoms with van der Waals surface area (Å²) in [6.45, 7) is 0.666. The van der Waals surface area contributed by atoms with Gasteiger partial charge in [0.2, 0.25) is 5.91 Å². The smallest absolute Gasteiger partial charge is 0.438 e. The number of anilines is 1. The van der Waals surface area contributed by atoms with Gasteiger partial charge in [-0.1, -0.05) is 18.2 Å². The fraction of sp³-hybridized carbons (Fsp3) is 0.467. The Morgan fingerprint density at radius 1 is 1.33 bits per heavy atom. The average molecular weight is 345 g/mol. The van der Waals surface area contributed by atoms with E-state index in [0.29, 0.717) is 18.8 Å². The Morgan fingerprint density at radius 2 is 2.00 bits per heavy atom. The van der Waals surface area contributed by atoms with Crippen LogP contribution in [0.2, 0.25) is 0 Å². The van der Waals surface area contributed by atoms with E-state index in [4.69, 9.17) is 0 Å². The number of para-hydroxylation sites is 1. The minimum atomic E-state index is -5.06. The molecule has 132 valence electrons. The first-order valence-corrected chi connectivity index (χ1v) is 7.33. The Hall–Kier alpha value is -2.13. The van der Waals surface area contributed by atoms with E-state index in [9.17, 15) is 22.8 Å². The number of rotatable bonds is 4. The number of alkyl halides is 3. The fourth-order valence-electron chi connectivity index (χ4n) is 2.28. The van der Waals surface area contributed by atoms with Crippen molar-refractivity contribution in [3.63, 3.8) is 0 Å². The molecule has 24 heavy (non-hydrogen) atoms. The highest BCUT2D eigenvalue weighted by molar-refractivity contribution is 5.94. The molecule has 0 aliphatic carbocycles. The van der Waals surface area contributed by atoms with Gasteiger partial charge in [0.1, 0.15) is 0 Å². The van der Waals surface area contributed by atoms with Crippen molar-refractivity contribution in [1.82, 2.24) is 10.2 Å². The Balaban J connectivity index is 2.00. The molecule has 1 unspecified atom stereocenters. The molecule has 1 amide bonds. The number of benzene rings is 1. The van der Waals surface area contributed by atoms with Crippen molar-refractivity contribution in [2.45, 2.75) is 12.4 Å². The molecule has 1 fully saturated rings. The molecule has 6 nitrogen and oxygen atoms in total. The zero-order chi connectivity index (χ0) is 17.7. The van der Waals surface area contributed by atoms with Crippen LogP contribution in [-0.4, -0.2) is 62.4 Å². The maximum Gasteiger partial charge on any atom is 0.490 e. The van der Waals surface area contributed by atoms with Crippen LogP contribution in [0.4, 0.5) is 18.9 Å². The summed E-state index contributed by atoms with van der Waals surface area (Å²) >= 11 is 0. The van der Waals surface area contributed by atoms with E-state index < -0.39 is 18.4 Å². The zero-order valence-corrected chi connectivity index (χ0v) is 13.0. The number of hydrogen-bond donors (Lipinski definition) is 1. The lowest BCUT2D eigenvalue weighted by atomic mass is 10.2. The third-order valence-corrected chi connectivity index (χ3v) is 3.63. The van der Waals surface area contributed by atoms with E-state index in [2.05, 4.69) is 10.1 Å². The SMILES string of the molecule is CN(C(=O)CN1CCNCC1OC(=O)C(F)(F)F)c1ccccc1. The highest BCUT2D eigenvalue weighted by Crippen LogP contribution is 2.19. The maximum absolute atomic E-state index is 12.4. The van der Waals surface area contributed by atoms with E-state index in [0.717, 1.165) is 0 Å². The maximum atomic E-state index is 12.4. The first kappa shape index (κ1) is 18.2. The topological polar surface area (TPSA) is 61.9 Å². The standard InChI is InChI=1S/C15H18F3N3O3/c1-20(11-5-3-2-4-6-11)12(22)10-21-8-7-19-9-13(21)24-14(23)15(16,17)18/h2-6,13,19H,7-10H2,1H3. The summed E-state index contributed by atoms with van der Waals surface area (Å²) in [7, 11) is 1.58. The number of amides is 1. The molecule has 1 N–H and O–H groups in total. The lowest BCUT2D eigenvalue weighted by Crippen LogP contribution is -2.56. The summed E-state index contributed by atoms with van der Waals surface area (Å²) in [5, 5.41) is 2.84. The van der Waals surface area contributed by atoms with Crippen molar-refractivity contribution in [1.29, 1.82) is 0 Å². The minimum Gasteiger partial charge on any atom is -0.438 e. The molecule has 0 saturated carbocycles. The predicted molar refractivity (Wildman–Crippen MR) is 80.2 cm³/mol. The van der Waals surface area contributed by atoms with Gasteiger partial charge in [-0.2, -0.15) is 13.2 Å². The number of ether oxygens (including phenoxy) is 1. The second-order valence-electron chi connectivity index (χ2n) is 5.32. The van der Waals surface area contributed by atoms with Crippen LogP contribution in [0.25, 0.3) is 0 Å². The van der Waals surface area contributed by atoms with E-state index in [1.165, 1.54) is 9.80 Å². The average Bonchev–Trinajstić information content (AvgIpc) is 2.55. The van der Waals surface area contributed by atoms with Crippen molar-refractivity contribution >= 4 is 17.6 Å². The quantitative estimate of drug-likeness (QED) is 0.825. The summed E-state index contributed by atoms with van der Waals surface area (Å²) in [5.41, 5.74) is 0.668. The number of nitrogens with one attached hydrogen (secondary N) is 1. The van der Waals surface area contributed by atoms with Crippen LogP contribution in [0.5, 0.6) is 0 Å². The van der Waals surface area contributed by atoms with E-state index in [1.54, 1.807) is 31.3 Å². The number of halogens is 3. The van der Waals surface area contributed by atoms with Crippen LogP contribution in [-0.2, 0) is 14.3 Å². The number of carbonyl (C=O) groups excluding carboxylic acids is 2. The van der Waals surface area contributed by atoms with Crippen LogP contribution >= 0.6 is 0 Å². The number of piperazine rings is 1. The normalized spacial score (nSPS) is 18.9. The van der Waals surface area contributed by atoms with Gasteiger partial charge in [-0.3, -0.25) is 9.69 Å². The van der Waals surface area contributed by atoms with Crippen LogP contribution in [0.1, 0.15) is 0 Å². The molecule has 0 radical (unpaired) electrons. The highest BCUT2D eigenvalue weighted by atomic mass is 19.4. The van der Waals surface area contributed by atoms with Crippen molar-refractivity contribution in [3.8, 4) is 0 Å². The Labute approximate surface area is 137 Å². The van der Waals surface area contributed by atoms with Gasteiger partial charge in [0.15, 0.2) is 6.23 Å². The van der Waals surface area contributed by atoms with Gasteiger partial charge in [0.05, 0.1) is 6.54 Å². The first-order chi connectivity index (χ1) is 11.3. The Morgan fingerprint density at radius 3 is 2.62 bits per heavy atom. The molecule has 0 aromatic heterocycles. The second-order valence-corrected chi connectivity index (χ2v) is 5.32. The minimum absolute atomic E-state index is 0.0319. The van der Waals surface area contributed by atoms with Crippen LogP contribution < -0.4 is 10.2 Å². The number of esters is 1. The van der Waals surface area contributed by atoms with Crippen molar-refractivity contribution in [2.75, 3.05) is 38.1 Å². The van der Waals surface area contributed by atoms with Crippen LogP contribution in [0.15, 0.2) is 30.3 Å². The van der Waals surface area contributed by atoms with Crippen molar-refractivity contribution < 1.29 is 27.5 Å². The molecule has 1 saturated heterocycles. The monoisotopic (exact) mass is 345 g/mol. The number of carbonyl (C=O) groups is 2. The van der Waals surface area contributed by atoms with Gasteiger partial charge in [0.25, 0.3) is 0 Å². The molecular weight excluding hydrogens is 327 g/mol. The van der Waals surface area contributed by atoms with Gasteiger partial charge in [0, 0.05) is 32.4 Å². The molecule has 1 aromatic rings. The molecule has 1 aromatic carbocycles. The highest BCUT2D eigenvalue weighted by Gasteiger charge is 2.43. The molecule has 2 rings (SSSR count). The van der Waals surface area contributed by atoms with Crippen molar-refractivity contribution in [3.05, 3.63) is 30.3 Å². The molecule has 1 aliphatic rings. The number of nitrogens with zero attached hydrogens (tertiary/aromatic N) is 2. The molecule has 9 heteroatoms.